The highest BCUT2D eigenvalue weighted by Crippen LogP contribution is 2.30. The van der Waals surface area contributed by atoms with Crippen molar-refractivity contribution in [1.82, 2.24) is 4.98 Å². The lowest BCUT2D eigenvalue weighted by Gasteiger charge is -2.17. The molecule has 1 aliphatic carbocycles. The number of aryl methyl sites for hydroxylation is 1. The Morgan fingerprint density at radius 2 is 2.06 bits per heavy atom. The quantitative estimate of drug-likeness (QED) is 0.705. The molecule has 0 aliphatic heterocycles. The molecule has 1 heterocycles. The molecule has 1 atom stereocenters. The molecule has 0 N–H and O–H groups in total. The van der Waals surface area contributed by atoms with E-state index in [2.05, 4.69) is 54.4 Å². The van der Waals surface area contributed by atoms with Gasteiger partial charge in [-0.3, -0.25) is 4.98 Å². The highest BCUT2D eigenvalue weighted by atomic mass is 14.7. The number of para-hydroxylation sites is 1. The van der Waals surface area contributed by atoms with Crippen LogP contribution in [-0.4, -0.2) is 4.98 Å². The summed E-state index contributed by atoms with van der Waals surface area (Å²) < 4.78 is 0. The second-order valence-electron chi connectivity index (χ2n) is 4.51. The predicted octanol–water partition coefficient (Wildman–Crippen LogP) is 4.14. The van der Waals surface area contributed by atoms with Crippen LogP contribution in [0.1, 0.15) is 23.5 Å². The summed E-state index contributed by atoms with van der Waals surface area (Å²) >= 11 is 0. The van der Waals surface area contributed by atoms with Crippen molar-refractivity contribution in [2.45, 2.75) is 19.3 Å². The maximum atomic E-state index is 4.56. The van der Waals surface area contributed by atoms with Crippen LogP contribution in [0.25, 0.3) is 10.9 Å². The lowest BCUT2D eigenvalue weighted by atomic mass is 9.89. The van der Waals surface area contributed by atoms with Crippen LogP contribution in [0, 0.1) is 6.92 Å². The monoisotopic (exact) mass is 221 g/mol. The molecule has 0 saturated carbocycles. The van der Waals surface area contributed by atoms with Crippen LogP contribution in [-0.2, 0) is 0 Å². The first kappa shape index (κ1) is 10.3. The molecule has 17 heavy (non-hydrogen) atoms. The minimum atomic E-state index is 0.483. The Bertz CT molecular complexity index is 608. The maximum Gasteiger partial charge on any atom is 0.0704 e. The van der Waals surface area contributed by atoms with Crippen molar-refractivity contribution in [3.63, 3.8) is 0 Å². The molecule has 1 unspecified atom stereocenters. The fourth-order valence-electron chi connectivity index (χ4n) is 2.48. The van der Waals surface area contributed by atoms with E-state index in [9.17, 15) is 0 Å². The van der Waals surface area contributed by atoms with Gasteiger partial charge in [0.1, 0.15) is 0 Å². The molecule has 2 aromatic rings. The summed E-state index contributed by atoms with van der Waals surface area (Å²) in [5.41, 5.74) is 3.80. The van der Waals surface area contributed by atoms with Gasteiger partial charge in [-0.15, -0.1) is 0 Å². The van der Waals surface area contributed by atoms with Crippen LogP contribution in [0.3, 0.4) is 0 Å². The average Bonchev–Trinajstić information content (AvgIpc) is 2.40. The molecule has 1 aliphatic rings. The SMILES string of the molecule is Cc1c(C2C=CC=CC2)cnc2ccccc12. The van der Waals surface area contributed by atoms with Gasteiger partial charge in [0, 0.05) is 17.5 Å². The molecule has 0 radical (unpaired) electrons. The van der Waals surface area contributed by atoms with E-state index in [1.165, 1.54) is 16.5 Å². The second kappa shape index (κ2) is 4.17. The van der Waals surface area contributed by atoms with Crippen molar-refractivity contribution >= 4 is 10.9 Å². The molecule has 1 aromatic heterocycles. The maximum absolute atomic E-state index is 4.56. The Labute approximate surface area is 102 Å². The molecule has 0 saturated heterocycles. The molecule has 0 bridgehead atoms. The van der Waals surface area contributed by atoms with Crippen molar-refractivity contribution in [3.8, 4) is 0 Å². The second-order valence-corrected chi connectivity index (χ2v) is 4.51. The molecule has 1 nitrogen and oxygen atoms in total. The van der Waals surface area contributed by atoms with E-state index in [0.717, 1.165) is 11.9 Å². The largest absolute Gasteiger partial charge is 0.256 e. The van der Waals surface area contributed by atoms with E-state index < -0.39 is 0 Å². The molecule has 1 aromatic carbocycles. The lowest BCUT2D eigenvalue weighted by molar-refractivity contribution is 0.842. The fourth-order valence-corrected chi connectivity index (χ4v) is 2.48. The number of hydrogen-bond acceptors (Lipinski definition) is 1. The summed E-state index contributed by atoms with van der Waals surface area (Å²) in [5, 5.41) is 1.27. The van der Waals surface area contributed by atoms with Crippen LogP contribution in [0.5, 0.6) is 0 Å². The summed E-state index contributed by atoms with van der Waals surface area (Å²) in [5.74, 6) is 0.483. The Morgan fingerprint density at radius 1 is 1.18 bits per heavy atom. The van der Waals surface area contributed by atoms with Crippen LogP contribution < -0.4 is 0 Å². The van der Waals surface area contributed by atoms with Gasteiger partial charge in [-0.2, -0.15) is 0 Å². The molecule has 0 amide bonds. The number of nitrogens with zero attached hydrogens (tertiary/aromatic N) is 1. The van der Waals surface area contributed by atoms with E-state index in [4.69, 9.17) is 0 Å². The first-order valence-corrected chi connectivity index (χ1v) is 6.04. The fraction of sp³-hybridized carbons (Fsp3) is 0.188. The molecular formula is C16H15N. The number of aromatic nitrogens is 1. The van der Waals surface area contributed by atoms with Gasteiger partial charge in [0.15, 0.2) is 0 Å². The van der Waals surface area contributed by atoms with Gasteiger partial charge in [0.25, 0.3) is 0 Å². The zero-order chi connectivity index (χ0) is 11.7. The smallest absolute Gasteiger partial charge is 0.0704 e. The summed E-state index contributed by atoms with van der Waals surface area (Å²) in [6.07, 6.45) is 11.8. The zero-order valence-electron chi connectivity index (χ0n) is 9.93. The van der Waals surface area contributed by atoms with Crippen molar-refractivity contribution in [2.24, 2.45) is 0 Å². The van der Waals surface area contributed by atoms with Crippen molar-refractivity contribution < 1.29 is 0 Å². The summed E-state index contributed by atoms with van der Waals surface area (Å²) in [7, 11) is 0. The standard InChI is InChI=1S/C16H15N/c1-12-14-9-5-6-10-16(14)17-11-15(12)13-7-3-2-4-8-13/h2-7,9-11,13H,8H2,1H3. The van der Waals surface area contributed by atoms with E-state index in [1.807, 2.05) is 12.3 Å². The van der Waals surface area contributed by atoms with Crippen LogP contribution in [0.15, 0.2) is 54.8 Å². The van der Waals surface area contributed by atoms with Gasteiger partial charge in [-0.05, 0) is 30.5 Å². The van der Waals surface area contributed by atoms with Gasteiger partial charge in [-0.1, -0.05) is 42.5 Å². The molecule has 84 valence electrons. The van der Waals surface area contributed by atoms with E-state index in [-0.39, 0.29) is 0 Å². The summed E-state index contributed by atoms with van der Waals surface area (Å²) in [6.45, 7) is 2.20. The third-order valence-electron chi connectivity index (χ3n) is 3.46. The summed E-state index contributed by atoms with van der Waals surface area (Å²) in [6, 6.07) is 8.35. The normalized spacial score (nSPS) is 18.8. The van der Waals surface area contributed by atoms with E-state index >= 15 is 0 Å². The molecule has 0 spiro atoms. The summed E-state index contributed by atoms with van der Waals surface area (Å²) in [4.78, 5) is 4.56. The Balaban J connectivity index is 2.14. The molecule has 3 rings (SSSR count). The minimum Gasteiger partial charge on any atom is -0.256 e. The van der Waals surface area contributed by atoms with Crippen molar-refractivity contribution in [1.29, 1.82) is 0 Å². The average molecular weight is 221 g/mol. The first-order valence-electron chi connectivity index (χ1n) is 6.04. The Morgan fingerprint density at radius 3 is 2.88 bits per heavy atom. The van der Waals surface area contributed by atoms with Crippen molar-refractivity contribution in [3.05, 3.63) is 65.9 Å². The highest BCUT2D eigenvalue weighted by Gasteiger charge is 2.13. The highest BCUT2D eigenvalue weighted by molar-refractivity contribution is 5.82. The molecule has 1 heteroatoms. The number of allylic oxidation sites excluding steroid dienone is 4. The first-order chi connectivity index (χ1) is 8.36. The Kier molecular flexibility index (Phi) is 2.52. The van der Waals surface area contributed by atoms with Crippen molar-refractivity contribution in [2.75, 3.05) is 0 Å². The predicted molar refractivity (Wildman–Crippen MR) is 72.1 cm³/mol. The van der Waals surface area contributed by atoms with E-state index in [0.29, 0.717) is 5.92 Å². The Hall–Kier alpha value is -1.89. The molecular weight excluding hydrogens is 206 g/mol. The number of benzene rings is 1. The topological polar surface area (TPSA) is 12.9 Å². The molecule has 0 fully saturated rings. The number of rotatable bonds is 1. The van der Waals surface area contributed by atoms with Gasteiger partial charge in [-0.25, -0.2) is 0 Å². The number of hydrogen-bond donors (Lipinski definition) is 0. The lowest BCUT2D eigenvalue weighted by Crippen LogP contribution is -2.00. The number of pyridine rings is 1. The third kappa shape index (κ3) is 1.78. The minimum absolute atomic E-state index is 0.483. The van der Waals surface area contributed by atoms with Gasteiger partial charge in [0.05, 0.1) is 5.52 Å². The van der Waals surface area contributed by atoms with Crippen LogP contribution in [0.2, 0.25) is 0 Å². The van der Waals surface area contributed by atoms with Gasteiger partial charge < -0.3 is 0 Å². The number of fused-ring (bicyclic) bond motifs is 1. The van der Waals surface area contributed by atoms with Gasteiger partial charge in [0.2, 0.25) is 0 Å². The third-order valence-corrected chi connectivity index (χ3v) is 3.46. The van der Waals surface area contributed by atoms with Gasteiger partial charge >= 0.3 is 0 Å². The van der Waals surface area contributed by atoms with Crippen LogP contribution in [0.4, 0.5) is 0 Å². The van der Waals surface area contributed by atoms with E-state index in [1.54, 1.807) is 0 Å². The van der Waals surface area contributed by atoms with Crippen LogP contribution >= 0.6 is 0 Å². The zero-order valence-corrected chi connectivity index (χ0v) is 9.93.